The second-order valence-electron chi connectivity index (χ2n) is 15.9. The van der Waals surface area contributed by atoms with E-state index >= 15 is 0 Å². The Morgan fingerprint density at radius 3 is 1.26 bits per heavy atom. The molecule has 7 nitrogen and oxygen atoms in total. The van der Waals surface area contributed by atoms with Crippen LogP contribution < -0.4 is 0 Å². The van der Waals surface area contributed by atoms with Crippen molar-refractivity contribution in [2.45, 2.75) is 258 Å². The first-order chi connectivity index (χ1) is 26.6. The van der Waals surface area contributed by atoms with Crippen LogP contribution in [0.25, 0.3) is 0 Å². The van der Waals surface area contributed by atoms with Crippen LogP contribution in [-0.2, 0) is 19.2 Å². The third kappa shape index (κ3) is 46.5. The number of carbonyl (C=O) groups excluding carboxylic acids is 1. The number of carbonyl (C=O) groups is 2. The van der Waals surface area contributed by atoms with Crippen LogP contribution in [0.4, 0.5) is 0 Å². The van der Waals surface area contributed by atoms with Crippen molar-refractivity contribution >= 4 is 18.7 Å². The Kier molecular flexibility index (Phi) is 49.8. The van der Waals surface area contributed by atoms with E-state index in [0.29, 0.717) is 6.42 Å². The van der Waals surface area contributed by atoms with Crippen molar-refractivity contribution in [1.29, 1.82) is 0 Å². The molecule has 0 saturated heterocycles. The Labute approximate surface area is 336 Å². The number of oxime groups is 1. The maximum Gasteiger partial charge on any atom is 0.306 e. The summed E-state index contributed by atoms with van der Waals surface area (Å²) in [5.74, 6) is 0.0494. The molecule has 0 rings (SSSR count). The topological polar surface area (TPSA) is 88.4 Å². The molecule has 0 amide bonds. The predicted molar refractivity (Wildman–Crippen MR) is 234 cm³/mol. The number of hydrogen-bond acceptors (Lipinski definition) is 6. The van der Waals surface area contributed by atoms with E-state index in [-0.39, 0.29) is 18.5 Å². The van der Waals surface area contributed by atoms with Gasteiger partial charge in [0.05, 0.1) is 0 Å². The molecule has 0 atom stereocenters. The molecule has 0 fully saturated rings. The molecule has 0 aromatic carbocycles. The molecule has 1 N–H and O–H groups in total. The summed E-state index contributed by atoms with van der Waals surface area (Å²) < 4.78 is 6.07. The minimum Gasteiger partial charge on any atom is -0.483 e. The summed E-state index contributed by atoms with van der Waals surface area (Å²) in [6.07, 6.45) is 48.1. The van der Waals surface area contributed by atoms with Gasteiger partial charge >= 0.3 is 5.97 Å². The van der Waals surface area contributed by atoms with E-state index in [1.54, 1.807) is 7.11 Å². The molecule has 0 spiro atoms. The van der Waals surface area contributed by atoms with Crippen LogP contribution in [0.3, 0.4) is 0 Å². The summed E-state index contributed by atoms with van der Waals surface area (Å²) >= 11 is 0. The highest BCUT2D eigenvalue weighted by molar-refractivity contribution is 5.69. The van der Waals surface area contributed by atoms with Gasteiger partial charge in [0.1, 0.15) is 13.2 Å². The van der Waals surface area contributed by atoms with Crippen LogP contribution >= 0.6 is 0 Å². The summed E-state index contributed by atoms with van der Waals surface area (Å²) in [6, 6.07) is 0. The van der Waals surface area contributed by atoms with Crippen molar-refractivity contribution in [2.75, 3.05) is 26.7 Å². The lowest BCUT2D eigenvalue weighted by Crippen LogP contribution is -2.27. The highest BCUT2D eigenvalue weighted by Gasteiger charge is 2.14. The van der Waals surface area contributed by atoms with Gasteiger partial charge in [0.15, 0.2) is 0 Å². The summed E-state index contributed by atoms with van der Waals surface area (Å²) in [6.45, 7) is 10.2. The standard InChI is InChI=1S/C46H92N2O3.CH2O2/c1-5-8-11-14-17-18-19-20-21-22-23-24-29-35-42-48(44-37-34-41-47-50-4)43-36-30-25-28-33-40-46(49)51-45(38-31-26-15-12-9-6-2)39-32-27-16-13-10-7-3;2-1-3/h41,45H,5-40,42-44H2,1-4H3;1H,(H,2,3)/b47-41+;. The largest absolute Gasteiger partial charge is 0.483 e. The number of hydrogen-bond donors (Lipinski definition) is 1. The zero-order valence-electron chi connectivity index (χ0n) is 36.8. The molecule has 0 aromatic heterocycles. The number of nitrogens with zero attached hydrogens (tertiary/aromatic N) is 2. The molecule has 0 saturated carbocycles. The van der Waals surface area contributed by atoms with Gasteiger partial charge in [-0.3, -0.25) is 9.59 Å². The van der Waals surface area contributed by atoms with Gasteiger partial charge in [-0.05, 0) is 77.4 Å². The Balaban J connectivity index is 0. The van der Waals surface area contributed by atoms with Gasteiger partial charge in [-0.25, -0.2) is 0 Å². The van der Waals surface area contributed by atoms with E-state index in [1.807, 2.05) is 6.21 Å². The second-order valence-corrected chi connectivity index (χ2v) is 15.9. The van der Waals surface area contributed by atoms with Crippen LogP contribution in [0.15, 0.2) is 5.16 Å². The van der Waals surface area contributed by atoms with Gasteiger partial charge in [-0.15, -0.1) is 0 Å². The van der Waals surface area contributed by atoms with E-state index in [4.69, 9.17) is 19.5 Å². The molecule has 0 aliphatic heterocycles. The number of rotatable bonds is 43. The summed E-state index contributed by atoms with van der Waals surface area (Å²) in [5.41, 5.74) is 0. The minimum absolute atomic E-state index is 0.0494. The zero-order valence-corrected chi connectivity index (χ0v) is 36.8. The van der Waals surface area contributed by atoms with Crippen molar-refractivity contribution in [2.24, 2.45) is 5.16 Å². The van der Waals surface area contributed by atoms with Gasteiger partial charge in [0.25, 0.3) is 6.47 Å². The first-order valence-corrected chi connectivity index (χ1v) is 23.6. The van der Waals surface area contributed by atoms with Crippen molar-refractivity contribution in [3.05, 3.63) is 0 Å². The number of esters is 1. The van der Waals surface area contributed by atoms with Crippen LogP contribution in [0, 0.1) is 0 Å². The van der Waals surface area contributed by atoms with Gasteiger partial charge < -0.3 is 19.6 Å². The lowest BCUT2D eigenvalue weighted by molar-refractivity contribution is -0.150. The number of ether oxygens (including phenoxy) is 1. The lowest BCUT2D eigenvalue weighted by Gasteiger charge is -2.22. The van der Waals surface area contributed by atoms with Crippen molar-refractivity contribution in [3.63, 3.8) is 0 Å². The highest BCUT2D eigenvalue weighted by Crippen LogP contribution is 2.19. The summed E-state index contributed by atoms with van der Waals surface area (Å²) in [5, 5.41) is 10.8. The molecule has 0 aliphatic rings. The second kappa shape index (κ2) is 49.4. The van der Waals surface area contributed by atoms with Crippen molar-refractivity contribution in [1.82, 2.24) is 4.90 Å². The average Bonchev–Trinajstić information content (AvgIpc) is 3.17. The fraction of sp³-hybridized carbons (Fsp3) is 0.936. The molecule has 0 unspecified atom stereocenters. The normalized spacial score (nSPS) is 11.4. The maximum atomic E-state index is 12.8. The molecule has 0 bridgehead atoms. The predicted octanol–water partition coefficient (Wildman–Crippen LogP) is 14.6. The number of unbranched alkanes of at least 4 members (excludes halogenated alkanes) is 28. The lowest BCUT2D eigenvalue weighted by atomic mass is 10.0. The van der Waals surface area contributed by atoms with Crippen molar-refractivity contribution in [3.8, 4) is 0 Å². The van der Waals surface area contributed by atoms with Gasteiger partial charge in [-0.1, -0.05) is 193 Å². The van der Waals surface area contributed by atoms with Crippen molar-refractivity contribution < 1.29 is 24.3 Å². The van der Waals surface area contributed by atoms with Crippen LogP contribution in [0.1, 0.15) is 252 Å². The molecule has 0 aromatic rings. The Bertz CT molecular complexity index is 734. The molecule has 7 heteroatoms. The smallest absolute Gasteiger partial charge is 0.306 e. The molecule has 0 aliphatic carbocycles. The third-order valence-electron chi connectivity index (χ3n) is 10.7. The Morgan fingerprint density at radius 2 is 0.870 bits per heavy atom. The quantitative estimate of drug-likeness (QED) is 0.0219. The van der Waals surface area contributed by atoms with Gasteiger partial charge in [0, 0.05) is 12.6 Å². The summed E-state index contributed by atoms with van der Waals surface area (Å²) in [7, 11) is 1.62. The fourth-order valence-electron chi connectivity index (χ4n) is 7.35. The number of carboxylic acid groups (broad SMARTS) is 1. The SMILES string of the molecule is CCCCCCCCCCCCCCCCN(CCC/C=N/OC)CCCCCCCC(=O)OC(CCCCCCCC)CCCCCCCC.O=CO. The first kappa shape index (κ1) is 54.5. The van der Waals surface area contributed by atoms with Gasteiger partial charge in [0.2, 0.25) is 0 Å². The molecular weight excluding hydrogens is 673 g/mol. The monoisotopic (exact) mass is 767 g/mol. The van der Waals surface area contributed by atoms with E-state index in [0.717, 1.165) is 45.1 Å². The summed E-state index contributed by atoms with van der Waals surface area (Å²) in [4.78, 5) is 28.7. The van der Waals surface area contributed by atoms with E-state index in [1.165, 1.54) is 199 Å². The van der Waals surface area contributed by atoms with Crippen LogP contribution in [0.5, 0.6) is 0 Å². The molecule has 322 valence electrons. The molecule has 0 radical (unpaired) electrons. The fourth-order valence-corrected chi connectivity index (χ4v) is 7.35. The highest BCUT2D eigenvalue weighted by atomic mass is 16.6. The van der Waals surface area contributed by atoms with E-state index < -0.39 is 0 Å². The molecule has 0 heterocycles. The Hall–Kier alpha value is -1.63. The first-order valence-electron chi connectivity index (χ1n) is 23.6. The third-order valence-corrected chi connectivity index (χ3v) is 10.7. The van der Waals surface area contributed by atoms with Crippen LogP contribution in [0.2, 0.25) is 0 Å². The van der Waals surface area contributed by atoms with E-state index in [9.17, 15) is 4.79 Å². The molecular formula is C47H94N2O5. The van der Waals surface area contributed by atoms with Gasteiger partial charge in [-0.2, -0.15) is 0 Å². The van der Waals surface area contributed by atoms with Crippen LogP contribution in [-0.4, -0.2) is 61.5 Å². The average molecular weight is 767 g/mol. The zero-order chi connectivity index (χ0) is 39.8. The molecule has 54 heavy (non-hydrogen) atoms. The minimum atomic E-state index is -0.250. The Morgan fingerprint density at radius 1 is 0.537 bits per heavy atom. The maximum absolute atomic E-state index is 12.8. The van der Waals surface area contributed by atoms with E-state index in [2.05, 4.69) is 30.8 Å².